The van der Waals surface area contributed by atoms with Crippen LogP contribution in [0.3, 0.4) is 0 Å². The van der Waals surface area contributed by atoms with E-state index in [0.717, 1.165) is 16.8 Å². The number of fused-ring (bicyclic) bond motifs is 2. The maximum absolute atomic E-state index is 13.8. The quantitative estimate of drug-likeness (QED) is 0.177. The van der Waals surface area contributed by atoms with Crippen LogP contribution in [0, 0.1) is 5.82 Å². The second kappa shape index (κ2) is 11.7. The third-order valence-electron chi connectivity index (χ3n) is 7.29. The molecule has 15 heteroatoms. The monoisotopic (exact) mass is 697 g/mol. The minimum atomic E-state index is -4.02. The molecule has 0 aliphatic rings. The molecule has 0 saturated carbocycles. The van der Waals surface area contributed by atoms with Crippen LogP contribution in [-0.2, 0) is 20.1 Å². The molecule has 2 heterocycles. The average Bonchev–Trinajstić information content (AvgIpc) is 3.61. The first-order valence-corrected chi connectivity index (χ1v) is 17.8. The first kappa shape index (κ1) is 32.0. The van der Waals surface area contributed by atoms with E-state index < -0.39 is 31.9 Å². The number of sulfonamides is 1. The Kier molecular flexibility index (Phi) is 7.98. The minimum absolute atomic E-state index is 0.0837. The molecule has 0 atom stereocenters. The largest absolute Gasteiger partial charge is 0.455 e. The first-order chi connectivity index (χ1) is 22.1. The van der Waals surface area contributed by atoms with E-state index in [4.69, 9.17) is 24.6 Å². The molecule has 0 aliphatic carbocycles. The normalized spacial score (nSPS) is 12.0. The van der Waals surface area contributed by atoms with Gasteiger partial charge >= 0.3 is 10.1 Å². The fraction of sp³-hybridized carbons (Fsp3) is 0.125. The Morgan fingerprint density at radius 2 is 1.62 bits per heavy atom. The van der Waals surface area contributed by atoms with Gasteiger partial charge in [-0.15, -0.1) is 0 Å². The van der Waals surface area contributed by atoms with Crippen LogP contribution in [0.25, 0.3) is 56.0 Å². The number of anilines is 1. The minimum Gasteiger partial charge on any atom is -0.455 e. The van der Waals surface area contributed by atoms with E-state index >= 15 is 0 Å². The lowest BCUT2D eigenvalue weighted by Crippen LogP contribution is -2.25. The fourth-order valence-electron chi connectivity index (χ4n) is 5.10. The topological polar surface area (TPSA) is 149 Å². The van der Waals surface area contributed by atoms with Crippen molar-refractivity contribution in [3.8, 4) is 39.7 Å². The van der Waals surface area contributed by atoms with E-state index in [2.05, 4.69) is 10.3 Å². The predicted molar refractivity (Wildman–Crippen MR) is 177 cm³/mol. The summed E-state index contributed by atoms with van der Waals surface area (Å²) in [7, 11) is -5.10. The van der Waals surface area contributed by atoms with Crippen molar-refractivity contribution in [2.45, 2.75) is 0 Å². The zero-order valence-electron chi connectivity index (χ0n) is 25.2. The van der Waals surface area contributed by atoms with Gasteiger partial charge in [-0.05, 0) is 66.2 Å². The Morgan fingerprint density at radius 1 is 0.915 bits per heavy atom. The number of hydrogen-bond acceptors (Lipinski definition) is 9. The fourth-order valence-corrected chi connectivity index (χ4v) is 6.26. The molecule has 0 aliphatic heterocycles. The van der Waals surface area contributed by atoms with Gasteiger partial charge in [0.15, 0.2) is 5.58 Å². The number of para-hydroxylation sites is 1. The Balaban J connectivity index is 1.68. The molecular formula is C32H25ClFN3O8S2. The molecule has 0 saturated heterocycles. The first-order valence-electron chi connectivity index (χ1n) is 13.8. The van der Waals surface area contributed by atoms with Crippen LogP contribution >= 0.6 is 11.6 Å². The van der Waals surface area contributed by atoms with E-state index in [0.29, 0.717) is 27.1 Å². The molecule has 1 amide bonds. The Morgan fingerprint density at radius 3 is 2.26 bits per heavy atom. The molecule has 0 spiro atoms. The number of carbonyl (C=O) groups excluding carboxylic acids is 1. The maximum Gasteiger partial charge on any atom is 0.306 e. The lowest BCUT2D eigenvalue weighted by Gasteiger charge is -2.21. The van der Waals surface area contributed by atoms with Crippen LogP contribution in [0.2, 0.25) is 5.02 Å². The van der Waals surface area contributed by atoms with E-state index in [-0.39, 0.29) is 50.9 Å². The molecule has 242 valence electrons. The van der Waals surface area contributed by atoms with Crippen molar-refractivity contribution in [1.29, 1.82) is 0 Å². The number of oxazole rings is 1. The SMILES string of the molecule is CNC(=O)c1c(-c2ccc(F)cc2)oc2cc(N(C)S(C)(=O)=O)c(-c3cc(OS(C)(=O)=O)cc(-c4nc5c(Cl)cccc5o4)c3)cc12. The number of furan rings is 1. The Hall–Kier alpha value is -4.92. The highest BCUT2D eigenvalue weighted by Gasteiger charge is 2.27. The Labute approximate surface area is 273 Å². The van der Waals surface area contributed by atoms with Crippen molar-refractivity contribution in [3.63, 3.8) is 0 Å². The van der Waals surface area contributed by atoms with Gasteiger partial charge in [-0.2, -0.15) is 8.42 Å². The molecule has 0 bridgehead atoms. The van der Waals surface area contributed by atoms with E-state index in [1.54, 1.807) is 30.3 Å². The van der Waals surface area contributed by atoms with Crippen LogP contribution in [-0.4, -0.2) is 54.3 Å². The highest BCUT2D eigenvalue weighted by Crippen LogP contribution is 2.43. The third kappa shape index (κ3) is 6.26. The smallest absolute Gasteiger partial charge is 0.306 e. The van der Waals surface area contributed by atoms with Crippen molar-refractivity contribution >= 4 is 65.4 Å². The van der Waals surface area contributed by atoms with E-state index in [1.807, 2.05) is 0 Å². The molecule has 1 N–H and O–H groups in total. The molecule has 4 aromatic carbocycles. The number of benzene rings is 4. The summed E-state index contributed by atoms with van der Waals surface area (Å²) < 4.78 is 82.3. The van der Waals surface area contributed by atoms with Crippen molar-refractivity contribution in [3.05, 3.63) is 89.2 Å². The molecule has 6 rings (SSSR count). The van der Waals surface area contributed by atoms with Crippen molar-refractivity contribution in [1.82, 2.24) is 10.3 Å². The van der Waals surface area contributed by atoms with E-state index in [1.165, 1.54) is 56.6 Å². The van der Waals surface area contributed by atoms with Gasteiger partial charge < -0.3 is 18.3 Å². The van der Waals surface area contributed by atoms with Gasteiger partial charge in [-0.1, -0.05) is 17.7 Å². The number of amides is 1. The molecule has 47 heavy (non-hydrogen) atoms. The molecular weight excluding hydrogens is 673 g/mol. The van der Waals surface area contributed by atoms with Gasteiger partial charge in [0.05, 0.1) is 28.8 Å². The lowest BCUT2D eigenvalue weighted by molar-refractivity contribution is 0.0964. The molecule has 6 aromatic rings. The molecule has 0 fully saturated rings. The number of carbonyl (C=O) groups is 1. The average molecular weight is 698 g/mol. The Bertz CT molecular complexity index is 2440. The van der Waals surface area contributed by atoms with Gasteiger partial charge in [-0.25, -0.2) is 17.8 Å². The van der Waals surface area contributed by atoms with Crippen LogP contribution in [0.15, 0.2) is 81.6 Å². The summed E-state index contributed by atoms with van der Waals surface area (Å²) in [5.41, 5.74) is 2.39. The second-order valence-electron chi connectivity index (χ2n) is 10.6. The van der Waals surface area contributed by atoms with Crippen molar-refractivity contribution < 1.29 is 39.0 Å². The summed E-state index contributed by atoms with van der Waals surface area (Å²) in [4.78, 5) is 17.8. The predicted octanol–water partition coefficient (Wildman–Crippen LogP) is 6.46. The standard InChI is InChI=1S/C32H25ClFN3O8S2/c1-35-31(38)28-23-15-22(25(37(2)46(3,39)40)16-27(23)43-30(28)17-8-10-20(34)11-9-17)18-12-19(14-21(13-18)45-47(4,41)42)32-36-29-24(33)6-5-7-26(29)44-32/h5-16H,1-4H3,(H,35,38). The number of aromatic nitrogens is 1. The van der Waals surface area contributed by atoms with Gasteiger partial charge in [0, 0.05) is 42.2 Å². The van der Waals surface area contributed by atoms with Crippen molar-refractivity contribution in [2.75, 3.05) is 30.9 Å². The number of rotatable bonds is 8. The summed E-state index contributed by atoms with van der Waals surface area (Å²) in [6, 6.07) is 17.8. The number of halogens is 2. The molecule has 2 aromatic heterocycles. The van der Waals surface area contributed by atoms with Crippen LogP contribution in [0.1, 0.15) is 10.4 Å². The van der Waals surface area contributed by atoms with Gasteiger partial charge in [0.25, 0.3) is 5.91 Å². The lowest BCUT2D eigenvalue weighted by atomic mass is 9.97. The van der Waals surface area contributed by atoms with Crippen LogP contribution in [0.4, 0.5) is 10.1 Å². The zero-order chi connectivity index (χ0) is 33.8. The molecule has 0 unspecified atom stereocenters. The van der Waals surface area contributed by atoms with Gasteiger partial charge in [0.1, 0.15) is 28.4 Å². The summed E-state index contributed by atoms with van der Waals surface area (Å²) in [6.07, 6.45) is 1.89. The summed E-state index contributed by atoms with van der Waals surface area (Å²) in [5.74, 6) is -0.912. The van der Waals surface area contributed by atoms with Crippen LogP contribution in [0.5, 0.6) is 5.75 Å². The van der Waals surface area contributed by atoms with Crippen molar-refractivity contribution in [2.24, 2.45) is 0 Å². The number of hydrogen-bond donors (Lipinski definition) is 1. The zero-order valence-corrected chi connectivity index (χ0v) is 27.5. The number of nitrogens with zero attached hydrogens (tertiary/aromatic N) is 2. The van der Waals surface area contributed by atoms with Crippen LogP contribution < -0.4 is 13.8 Å². The maximum atomic E-state index is 13.8. The third-order valence-corrected chi connectivity index (χ3v) is 9.28. The highest BCUT2D eigenvalue weighted by atomic mass is 35.5. The summed E-state index contributed by atoms with van der Waals surface area (Å²) in [6.45, 7) is 0. The molecule has 0 radical (unpaired) electrons. The van der Waals surface area contributed by atoms with Gasteiger partial charge in [-0.3, -0.25) is 9.10 Å². The second-order valence-corrected chi connectivity index (χ2v) is 14.6. The number of nitrogens with one attached hydrogen (secondary N) is 1. The van der Waals surface area contributed by atoms with Gasteiger partial charge in [0.2, 0.25) is 15.9 Å². The molecule has 11 nitrogen and oxygen atoms in total. The highest BCUT2D eigenvalue weighted by molar-refractivity contribution is 7.92. The summed E-state index contributed by atoms with van der Waals surface area (Å²) >= 11 is 6.31. The summed E-state index contributed by atoms with van der Waals surface area (Å²) in [5, 5.41) is 3.22. The van der Waals surface area contributed by atoms with E-state index in [9.17, 15) is 26.0 Å².